The molecule has 0 amide bonds. The van der Waals surface area contributed by atoms with Gasteiger partial charge in [0.05, 0.1) is 11.2 Å². The highest BCUT2D eigenvalue weighted by atomic mass is 35.5. The number of hydrogen-bond acceptors (Lipinski definition) is 2. The number of hydrogen-bond donors (Lipinski definition) is 3. The summed E-state index contributed by atoms with van der Waals surface area (Å²) in [4.78, 5) is 4.44. The molecule has 3 N–H and O–H groups in total. The van der Waals surface area contributed by atoms with E-state index in [1.807, 2.05) is 18.2 Å². The Kier molecular flexibility index (Phi) is 5.10. The number of halogens is 2. The zero-order chi connectivity index (χ0) is 20.4. The van der Waals surface area contributed by atoms with E-state index in [-0.39, 0.29) is 11.7 Å². The molecule has 1 aromatic heterocycles. The van der Waals surface area contributed by atoms with E-state index in [9.17, 15) is 4.39 Å². The maximum atomic E-state index is 13.3. The van der Waals surface area contributed by atoms with Crippen LogP contribution in [-0.2, 0) is 0 Å². The highest BCUT2D eigenvalue weighted by Gasteiger charge is 2.12. The van der Waals surface area contributed by atoms with Gasteiger partial charge in [-0.1, -0.05) is 11.6 Å². The average molecular weight is 406 g/mol. The number of benzene rings is 3. The smallest absolute Gasteiger partial charge is 0.154 e. The zero-order valence-corrected chi connectivity index (χ0v) is 16.3. The quantitative estimate of drug-likeness (QED) is 0.331. The Hall–Kier alpha value is -3.51. The van der Waals surface area contributed by atoms with Gasteiger partial charge in [0.15, 0.2) is 5.84 Å². The Morgan fingerprint density at radius 3 is 2.41 bits per heavy atom. The van der Waals surface area contributed by atoms with E-state index in [0.29, 0.717) is 16.4 Å². The largest absolute Gasteiger partial charge is 0.373 e. The normalized spacial score (nSPS) is 11.6. The first-order chi connectivity index (χ1) is 14.0. The predicted molar refractivity (Wildman–Crippen MR) is 115 cm³/mol. The van der Waals surface area contributed by atoms with Gasteiger partial charge in [0.1, 0.15) is 11.7 Å². The number of aliphatic imine (C=N–C) groups is 1. The molecule has 3 aromatic carbocycles. The lowest BCUT2D eigenvalue weighted by atomic mass is 10.0. The minimum atomic E-state index is -0.292. The standard InChI is InChI=1S/C22H17ClFN5/c1-26-22(27-21(25)14-2-7-16(23)8-3-14)15-6-11-19-18(12-15)20(29-28-19)13-4-9-17(24)10-5-13/h2-12H,1H3,(H,28,29)(H2,25,26,27). The summed E-state index contributed by atoms with van der Waals surface area (Å²) in [6.45, 7) is 0. The van der Waals surface area contributed by atoms with Gasteiger partial charge in [0.2, 0.25) is 0 Å². The summed E-state index contributed by atoms with van der Waals surface area (Å²) in [5.74, 6) is 0.384. The van der Waals surface area contributed by atoms with Gasteiger partial charge in [-0.3, -0.25) is 10.5 Å². The van der Waals surface area contributed by atoms with Crippen molar-refractivity contribution in [1.29, 1.82) is 5.41 Å². The first-order valence-electron chi connectivity index (χ1n) is 8.90. The van der Waals surface area contributed by atoms with Gasteiger partial charge in [0.25, 0.3) is 0 Å². The number of rotatable bonds is 3. The van der Waals surface area contributed by atoms with Crippen LogP contribution in [0.25, 0.3) is 22.2 Å². The van der Waals surface area contributed by atoms with Crippen molar-refractivity contribution in [3.8, 4) is 11.3 Å². The number of nitrogens with zero attached hydrogens (tertiary/aromatic N) is 2. The molecule has 5 nitrogen and oxygen atoms in total. The van der Waals surface area contributed by atoms with E-state index in [4.69, 9.17) is 17.0 Å². The summed E-state index contributed by atoms with van der Waals surface area (Å²) in [5.41, 5.74) is 3.87. The second kappa shape index (κ2) is 7.85. The van der Waals surface area contributed by atoms with Crippen LogP contribution in [0.15, 0.2) is 71.7 Å². The van der Waals surface area contributed by atoms with E-state index in [2.05, 4.69) is 20.5 Å². The van der Waals surface area contributed by atoms with Gasteiger partial charge in [-0.2, -0.15) is 5.10 Å². The molecule has 0 aliphatic heterocycles. The molecule has 0 fully saturated rings. The summed E-state index contributed by atoms with van der Waals surface area (Å²) in [5, 5.41) is 20.2. The highest BCUT2D eigenvalue weighted by Crippen LogP contribution is 2.27. The number of aromatic nitrogens is 2. The molecule has 29 heavy (non-hydrogen) atoms. The lowest BCUT2D eigenvalue weighted by Crippen LogP contribution is -2.21. The molecule has 1 heterocycles. The van der Waals surface area contributed by atoms with Gasteiger partial charge in [-0.05, 0) is 66.7 Å². The fourth-order valence-corrected chi connectivity index (χ4v) is 3.16. The maximum absolute atomic E-state index is 13.3. The van der Waals surface area contributed by atoms with Crippen LogP contribution in [0, 0.1) is 11.2 Å². The SMILES string of the molecule is CN/C(=N\C(=N)c1ccc(Cl)cc1)c1ccc2[nH]nc(-c3ccc(F)cc3)c2c1. The lowest BCUT2D eigenvalue weighted by Gasteiger charge is -2.08. The summed E-state index contributed by atoms with van der Waals surface area (Å²) in [6.07, 6.45) is 0. The fourth-order valence-electron chi connectivity index (χ4n) is 3.04. The van der Waals surface area contributed by atoms with Crippen LogP contribution in [0.1, 0.15) is 11.1 Å². The molecule has 0 saturated carbocycles. The summed E-state index contributed by atoms with van der Waals surface area (Å²) in [7, 11) is 1.76. The summed E-state index contributed by atoms with van der Waals surface area (Å²) in [6, 6.07) is 18.9. The molecule has 0 bridgehead atoms. The van der Waals surface area contributed by atoms with Gasteiger partial charge in [-0.25, -0.2) is 9.38 Å². The van der Waals surface area contributed by atoms with E-state index in [0.717, 1.165) is 27.7 Å². The molecule has 0 spiro atoms. The van der Waals surface area contributed by atoms with Crippen molar-refractivity contribution >= 4 is 34.2 Å². The Morgan fingerprint density at radius 2 is 1.72 bits per heavy atom. The van der Waals surface area contributed by atoms with E-state index in [1.54, 1.807) is 43.4 Å². The number of fused-ring (bicyclic) bond motifs is 1. The van der Waals surface area contributed by atoms with Crippen molar-refractivity contribution in [2.75, 3.05) is 7.05 Å². The maximum Gasteiger partial charge on any atom is 0.154 e. The van der Waals surface area contributed by atoms with E-state index >= 15 is 0 Å². The van der Waals surface area contributed by atoms with E-state index < -0.39 is 0 Å². The van der Waals surface area contributed by atoms with Crippen molar-refractivity contribution in [2.24, 2.45) is 4.99 Å². The molecular formula is C22H17ClFN5. The molecule has 4 rings (SSSR count). The van der Waals surface area contributed by atoms with Crippen LogP contribution in [0.4, 0.5) is 4.39 Å². The Labute approximate surface area is 171 Å². The monoisotopic (exact) mass is 405 g/mol. The Balaban J connectivity index is 1.73. The summed E-state index contributed by atoms with van der Waals surface area (Å²) < 4.78 is 13.3. The molecule has 0 unspecified atom stereocenters. The van der Waals surface area contributed by atoms with Gasteiger partial charge < -0.3 is 5.32 Å². The van der Waals surface area contributed by atoms with Gasteiger partial charge in [0, 0.05) is 34.1 Å². The molecule has 0 saturated heterocycles. The molecule has 144 valence electrons. The lowest BCUT2D eigenvalue weighted by molar-refractivity contribution is 0.628. The fraction of sp³-hybridized carbons (Fsp3) is 0.0455. The number of aromatic amines is 1. The second-order valence-corrected chi connectivity index (χ2v) is 6.84. The Morgan fingerprint density at radius 1 is 1.03 bits per heavy atom. The van der Waals surface area contributed by atoms with E-state index in [1.165, 1.54) is 12.1 Å². The van der Waals surface area contributed by atoms with Crippen molar-refractivity contribution in [2.45, 2.75) is 0 Å². The second-order valence-electron chi connectivity index (χ2n) is 6.41. The van der Waals surface area contributed by atoms with Crippen molar-refractivity contribution in [1.82, 2.24) is 15.5 Å². The van der Waals surface area contributed by atoms with Crippen LogP contribution in [0.2, 0.25) is 5.02 Å². The highest BCUT2D eigenvalue weighted by molar-refractivity contribution is 6.30. The van der Waals surface area contributed by atoms with Crippen LogP contribution in [0.3, 0.4) is 0 Å². The van der Waals surface area contributed by atoms with Crippen LogP contribution >= 0.6 is 11.6 Å². The van der Waals surface area contributed by atoms with Gasteiger partial charge >= 0.3 is 0 Å². The molecular weight excluding hydrogens is 389 g/mol. The first-order valence-corrected chi connectivity index (χ1v) is 9.28. The first kappa shape index (κ1) is 18.8. The Bertz CT molecular complexity index is 1210. The minimum absolute atomic E-state index is 0.122. The van der Waals surface area contributed by atoms with Crippen molar-refractivity contribution in [3.05, 3.63) is 88.7 Å². The molecule has 0 aliphatic rings. The summed E-state index contributed by atoms with van der Waals surface area (Å²) >= 11 is 5.92. The van der Waals surface area contributed by atoms with Crippen molar-refractivity contribution in [3.63, 3.8) is 0 Å². The molecule has 0 aliphatic carbocycles. The number of H-pyrrole nitrogens is 1. The zero-order valence-electron chi connectivity index (χ0n) is 15.5. The molecule has 0 radical (unpaired) electrons. The predicted octanol–water partition coefficient (Wildman–Crippen LogP) is 5.01. The third-order valence-electron chi connectivity index (χ3n) is 4.53. The van der Waals surface area contributed by atoms with Gasteiger partial charge in [-0.15, -0.1) is 0 Å². The number of amidine groups is 2. The van der Waals surface area contributed by atoms with Crippen LogP contribution in [-0.4, -0.2) is 28.9 Å². The average Bonchev–Trinajstić information content (AvgIpc) is 3.16. The number of nitrogens with one attached hydrogen (secondary N) is 3. The third kappa shape index (κ3) is 3.88. The van der Waals surface area contributed by atoms with Crippen LogP contribution in [0.5, 0.6) is 0 Å². The molecule has 7 heteroatoms. The third-order valence-corrected chi connectivity index (χ3v) is 4.78. The molecule has 4 aromatic rings. The minimum Gasteiger partial charge on any atom is -0.373 e. The molecule has 0 atom stereocenters. The topological polar surface area (TPSA) is 76.9 Å². The van der Waals surface area contributed by atoms with Crippen molar-refractivity contribution < 1.29 is 4.39 Å². The van der Waals surface area contributed by atoms with Crippen LogP contribution < -0.4 is 5.32 Å².